The summed E-state index contributed by atoms with van der Waals surface area (Å²) in [6.07, 6.45) is 0. The van der Waals surface area contributed by atoms with Crippen molar-refractivity contribution in [3.8, 4) is 5.75 Å². The Hall–Kier alpha value is -1.59. The second kappa shape index (κ2) is 7.76. The third-order valence-electron chi connectivity index (χ3n) is 2.91. The Morgan fingerprint density at radius 2 is 2.05 bits per heavy atom. The number of anilines is 1. The minimum absolute atomic E-state index is 0.0135. The molecule has 1 atom stereocenters. The van der Waals surface area contributed by atoms with E-state index in [1.54, 1.807) is 19.2 Å². The molecular weight excluding hydrogens is 244 g/mol. The van der Waals surface area contributed by atoms with E-state index < -0.39 is 0 Å². The number of benzene rings is 1. The van der Waals surface area contributed by atoms with Gasteiger partial charge in [-0.2, -0.15) is 0 Å². The van der Waals surface area contributed by atoms with Crippen LogP contribution in [0, 0.1) is 5.92 Å². The first-order chi connectivity index (χ1) is 9.08. The number of hydrogen-bond donors (Lipinski definition) is 3. The SMILES string of the molecule is COc1ccccc1NC(=O)CNC(CO)C(C)C. The van der Waals surface area contributed by atoms with Gasteiger partial charge in [0.2, 0.25) is 5.91 Å². The van der Waals surface area contributed by atoms with Gasteiger partial charge in [0.1, 0.15) is 5.75 Å². The number of carbonyl (C=O) groups excluding carboxylic acids is 1. The summed E-state index contributed by atoms with van der Waals surface area (Å²) in [6, 6.07) is 7.16. The molecule has 0 aliphatic carbocycles. The van der Waals surface area contributed by atoms with Gasteiger partial charge in [-0.25, -0.2) is 0 Å². The van der Waals surface area contributed by atoms with E-state index in [1.165, 1.54) is 0 Å². The molecule has 1 rings (SSSR count). The van der Waals surface area contributed by atoms with E-state index in [1.807, 2.05) is 26.0 Å². The maximum atomic E-state index is 11.8. The first kappa shape index (κ1) is 15.5. The molecule has 1 amide bonds. The van der Waals surface area contributed by atoms with Crippen molar-refractivity contribution in [2.24, 2.45) is 5.92 Å². The van der Waals surface area contributed by atoms with Crippen LogP contribution < -0.4 is 15.4 Å². The summed E-state index contributed by atoms with van der Waals surface area (Å²) in [4.78, 5) is 11.8. The fourth-order valence-electron chi connectivity index (χ4n) is 1.68. The second-order valence-electron chi connectivity index (χ2n) is 4.66. The molecule has 1 aromatic rings. The topological polar surface area (TPSA) is 70.6 Å². The highest BCUT2D eigenvalue weighted by atomic mass is 16.5. The van der Waals surface area contributed by atoms with Crippen molar-refractivity contribution in [3.05, 3.63) is 24.3 Å². The third-order valence-corrected chi connectivity index (χ3v) is 2.91. The standard InChI is InChI=1S/C14H22N2O3/c1-10(2)12(9-17)15-8-14(18)16-11-6-4-5-7-13(11)19-3/h4-7,10,12,15,17H,8-9H2,1-3H3,(H,16,18). The Kier molecular flexibility index (Phi) is 6.32. The van der Waals surface area contributed by atoms with Crippen molar-refractivity contribution in [2.75, 3.05) is 25.6 Å². The third kappa shape index (κ3) is 4.89. The van der Waals surface area contributed by atoms with E-state index in [0.717, 1.165) is 0 Å². The van der Waals surface area contributed by atoms with Crippen molar-refractivity contribution in [2.45, 2.75) is 19.9 Å². The Balaban J connectivity index is 2.51. The first-order valence-corrected chi connectivity index (χ1v) is 6.35. The molecule has 0 saturated carbocycles. The molecule has 0 heterocycles. The summed E-state index contributed by atoms with van der Waals surface area (Å²) in [5.74, 6) is 0.728. The Morgan fingerprint density at radius 1 is 1.37 bits per heavy atom. The summed E-state index contributed by atoms with van der Waals surface area (Å²) < 4.78 is 5.16. The molecule has 0 aliphatic heterocycles. The predicted molar refractivity (Wildman–Crippen MR) is 75.3 cm³/mol. The lowest BCUT2D eigenvalue weighted by atomic mass is 10.1. The number of para-hydroxylation sites is 2. The number of ether oxygens (including phenoxy) is 1. The van der Waals surface area contributed by atoms with Gasteiger partial charge in [0.25, 0.3) is 0 Å². The molecule has 0 aliphatic rings. The van der Waals surface area contributed by atoms with Crippen molar-refractivity contribution in [1.82, 2.24) is 5.32 Å². The van der Waals surface area contributed by atoms with Crippen LogP contribution in [0.25, 0.3) is 0 Å². The van der Waals surface area contributed by atoms with Gasteiger partial charge in [-0.1, -0.05) is 26.0 Å². The number of rotatable bonds is 7. The predicted octanol–water partition coefficient (Wildman–Crippen LogP) is 1.24. The average Bonchev–Trinajstić information content (AvgIpc) is 2.39. The molecule has 0 saturated heterocycles. The maximum Gasteiger partial charge on any atom is 0.238 e. The zero-order valence-electron chi connectivity index (χ0n) is 11.6. The number of aliphatic hydroxyl groups excluding tert-OH is 1. The van der Waals surface area contributed by atoms with Gasteiger partial charge in [0.15, 0.2) is 0 Å². The molecule has 1 aromatic carbocycles. The molecule has 0 radical (unpaired) electrons. The summed E-state index contributed by atoms with van der Waals surface area (Å²) in [6.45, 7) is 4.15. The van der Waals surface area contributed by atoms with Gasteiger partial charge < -0.3 is 20.5 Å². The number of hydrogen-bond acceptors (Lipinski definition) is 4. The number of carbonyl (C=O) groups is 1. The van der Waals surface area contributed by atoms with E-state index in [2.05, 4.69) is 10.6 Å². The highest BCUT2D eigenvalue weighted by Gasteiger charge is 2.13. The molecule has 3 N–H and O–H groups in total. The quantitative estimate of drug-likeness (QED) is 0.694. The van der Waals surface area contributed by atoms with Crippen LogP contribution in [0.2, 0.25) is 0 Å². The van der Waals surface area contributed by atoms with Crippen molar-refractivity contribution < 1.29 is 14.6 Å². The molecule has 0 bridgehead atoms. The molecule has 0 aromatic heterocycles. The molecule has 5 heteroatoms. The number of nitrogens with one attached hydrogen (secondary N) is 2. The van der Waals surface area contributed by atoms with Crippen LogP contribution in [-0.2, 0) is 4.79 Å². The molecule has 19 heavy (non-hydrogen) atoms. The molecule has 5 nitrogen and oxygen atoms in total. The molecule has 1 unspecified atom stereocenters. The van der Waals surface area contributed by atoms with Crippen LogP contribution >= 0.6 is 0 Å². The Bertz CT molecular complexity index is 407. The van der Waals surface area contributed by atoms with Crippen molar-refractivity contribution in [1.29, 1.82) is 0 Å². The van der Waals surface area contributed by atoms with Crippen LogP contribution in [0.15, 0.2) is 24.3 Å². The number of aliphatic hydroxyl groups is 1. The van der Waals surface area contributed by atoms with Gasteiger partial charge in [0.05, 0.1) is 25.9 Å². The average molecular weight is 266 g/mol. The van der Waals surface area contributed by atoms with Crippen LogP contribution in [-0.4, -0.2) is 37.3 Å². The lowest BCUT2D eigenvalue weighted by Crippen LogP contribution is -2.41. The van der Waals surface area contributed by atoms with E-state index in [-0.39, 0.29) is 31.0 Å². The summed E-state index contributed by atoms with van der Waals surface area (Å²) in [7, 11) is 1.56. The molecule has 0 spiro atoms. The highest BCUT2D eigenvalue weighted by Crippen LogP contribution is 2.22. The smallest absolute Gasteiger partial charge is 0.238 e. The zero-order chi connectivity index (χ0) is 14.3. The summed E-state index contributed by atoms with van der Waals surface area (Å²) in [5.41, 5.74) is 0.641. The lowest BCUT2D eigenvalue weighted by Gasteiger charge is -2.19. The van der Waals surface area contributed by atoms with Gasteiger partial charge in [-0.05, 0) is 18.1 Å². The lowest BCUT2D eigenvalue weighted by molar-refractivity contribution is -0.115. The summed E-state index contributed by atoms with van der Waals surface area (Å²) >= 11 is 0. The second-order valence-corrected chi connectivity index (χ2v) is 4.66. The minimum atomic E-state index is -0.163. The maximum absolute atomic E-state index is 11.8. The normalized spacial score (nSPS) is 12.3. The minimum Gasteiger partial charge on any atom is -0.495 e. The molecule has 106 valence electrons. The summed E-state index contributed by atoms with van der Waals surface area (Å²) in [5, 5.41) is 15.0. The Labute approximate surface area is 114 Å². The van der Waals surface area contributed by atoms with Gasteiger partial charge in [-0.15, -0.1) is 0 Å². The van der Waals surface area contributed by atoms with Crippen LogP contribution in [0.4, 0.5) is 5.69 Å². The van der Waals surface area contributed by atoms with E-state index >= 15 is 0 Å². The van der Waals surface area contributed by atoms with E-state index in [0.29, 0.717) is 11.4 Å². The largest absolute Gasteiger partial charge is 0.495 e. The fourth-order valence-corrected chi connectivity index (χ4v) is 1.68. The fraction of sp³-hybridized carbons (Fsp3) is 0.500. The zero-order valence-corrected chi connectivity index (χ0v) is 11.6. The first-order valence-electron chi connectivity index (χ1n) is 6.35. The number of methoxy groups -OCH3 is 1. The van der Waals surface area contributed by atoms with Crippen LogP contribution in [0.1, 0.15) is 13.8 Å². The van der Waals surface area contributed by atoms with Crippen molar-refractivity contribution in [3.63, 3.8) is 0 Å². The van der Waals surface area contributed by atoms with Gasteiger partial charge in [0, 0.05) is 6.04 Å². The Morgan fingerprint density at radius 3 is 2.63 bits per heavy atom. The van der Waals surface area contributed by atoms with Gasteiger partial charge >= 0.3 is 0 Å². The highest BCUT2D eigenvalue weighted by molar-refractivity contribution is 5.93. The molecular formula is C14H22N2O3. The van der Waals surface area contributed by atoms with Crippen molar-refractivity contribution >= 4 is 11.6 Å². The van der Waals surface area contributed by atoms with Crippen LogP contribution in [0.3, 0.4) is 0 Å². The van der Waals surface area contributed by atoms with Crippen LogP contribution in [0.5, 0.6) is 5.75 Å². The van der Waals surface area contributed by atoms with E-state index in [4.69, 9.17) is 9.84 Å². The van der Waals surface area contributed by atoms with E-state index in [9.17, 15) is 4.79 Å². The number of amides is 1. The molecule has 0 fully saturated rings. The van der Waals surface area contributed by atoms with Gasteiger partial charge in [-0.3, -0.25) is 4.79 Å². The monoisotopic (exact) mass is 266 g/mol.